The number of hydrogen-bond acceptors (Lipinski definition) is 16. The Morgan fingerprint density at radius 3 is 2.02 bits per heavy atom. The van der Waals surface area contributed by atoms with Crippen molar-refractivity contribution in [1.82, 2.24) is 0 Å². The molecule has 3 aromatic rings. The topological polar surface area (TPSA) is 269 Å². The van der Waals surface area contributed by atoms with Crippen molar-refractivity contribution in [3.8, 4) is 40.1 Å². The molecule has 0 aliphatic carbocycles. The maximum atomic E-state index is 13.3. The Hall–Kier alpha value is -3.71. The number of hydrogen-bond donors (Lipinski definition) is 10. The first-order valence-corrected chi connectivity index (χ1v) is 13.0. The number of ether oxygens (including phenoxy) is 4. The van der Waals surface area contributed by atoms with Crippen LogP contribution in [0, 0.1) is 0 Å². The molecular formula is C27H30O16. The van der Waals surface area contributed by atoms with Crippen LogP contribution in [-0.2, 0) is 9.47 Å². The summed E-state index contributed by atoms with van der Waals surface area (Å²) in [5.41, 5.74) is -1.65. The summed E-state index contributed by atoms with van der Waals surface area (Å²) in [6.07, 6.45) is -16.7. The average Bonchev–Trinajstić information content (AvgIpc) is 2.98. The van der Waals surface area contributed by atoms with Crippen molar-refractivity contribution in [2.24, 2.45) is 0 Å². The van der Waals surface area contributed by atoms with Gasteiger partial charge in [-0.2, -0.15) is 0 Å². The second kappa shape index (κ2) is 11.8. The van der Waals surface area contributed by atoms with Gasteiger partial charge in [-0.1, -0.05) is 0 Å². The molecule has 2 aliphatic rings. The van der Waals surface area contributed by atoms with Gasteiger partial charge in [0.25, 0.3) is 0 Å². The van der Waals surface area contributed by atoms with Gasteiger partial charge in [0.15, 0.2) is 17.1 Å². The number of phenols is 2. The van der Waals surface area contributed by atoms with Crippen LogP contribution in [0.5, 0.6) is 28.7 Å². The fourth-order valence-corrected chi connectivity index (χ4v) is 4.82. The molecule has 0 amide bonds. The number of aliphatic hydroxyl groups is 7. The van der Waals surface area contributed by atoms with E-state index in [9.17, 15) is 55.9 Å². The van der Waals surface area contributed by atoms with E-state index in [0.29, 0.717) is 0 Å². The Bertz CT molecular complexity index is 1520. The average molecular weight is 611 g/mol. The molecule has 16 nitrogen and oxygen atoms in total. The predicted octanol–water partition coefficient (Wildman–Crippen LogP) is -2.04. The van der Waals surface area contributed by atoms with Gasteiger partial charge in [0.2, 0.25) is 29.5 Å². The zero-order valence-electron chi connectivity index (χ0n) is 22.3. The fraction of sp³-hybridized carbons (Fsp3) is 0.444. The van der Waals surface area contributed by atoms with Crippen molar-refractivity contribution < 1.29 is 74.4 Å². The summed E-state index contributed by atoms with van der Waals surface area (Å²) in [7, 11) is 0. The lowest BCUT2D eigenvalue weighted by Crippen LogP contribution is -2.60. The molecule has 16 heteroatoms. The molecule has 2 aromatic carbocycles. The molecule has 0 unspecified atom stereocenters. The number of benzene rings is 2. The lowest BCUT2D eigenvalue weighted by Gasteiger charge is -2.40. The van der Waals surface area contributed by atoms with Gasteiger partial charge < -0.3 is 74.4 Å². The minimum absolute atomic E-state index is 0.0934. The molecule has 2 aliphatic heterocycles. The van der Waals surface area contributed by atoms with E-state index in [0.717, 1.165) is 6.07 Å². The first-order chi connectivity index (χ1) is 20.3. The van der Waals surface area contributed by atoms with Crippen LogP contribution in [0.2, 0.25) is 0 Å². The molecular weight excluding hydrogens is 580 g/mol. The van der Waals surface area contributed by atoms with Gasteiger partial charge in [-0.05, 0) is 31.2 Å². The van der Waals surface area contributed by atoms with E-state index in [1.54, 1.807) is 0 Å². The molecule has 10 N–H and O–H groups in total. The molecule has 1 aromatic heterocycles. The highest BCUT2D eigenvalue weighted by Gasteiger charge is 2.47. The van der Waals surface area contributed by atoms with Gasteiger partial charge in [-0.25, -0.2) is 0 Å². The molecule has 3 heterocycles. The van der Waals surface area contributed by atoms with Gasteiger partial charge in [0, 0.05) is 11.6 Å². The number of rotatable bonds is 6. The van der Waals surface area contributed by atoms with Crippen LogP contribution in [0.1, 0.15) is 6.92 Å². The fourth-order valence-electron chi connectivity index (χ4n) is 4.82. The second-order valence-corrected chi connectivity index (χ2v) is 10.2. The van der Waals surface area contributed by atoms with Crippen LogP contribution in [-0.4, -0.2) is 119 Å². The summed E-state index contributed by atoms with van der Waals surface area (Å²) in [6.45, 7) is 0.573. The van der Waals surface area contributed by atoms with Gasteiger partial charge >= 0.3 is 0 Å². The van der Waals surface area contributed by atoms with Crippen LogP contribution >= 0.6 is 0 Å². The minimum atomic E-state index is -1.96. The first-order valence-electron chi connectivity index (χ1n) is 13.0. The van der Waals surface area contributed by atoms with Gasteiger partial charge in [-0.3, -0.25) is 4.79 Å². The zero-order valence-corrected chi connectivity index (χ0v) is 22.3. The molecule has 0 radical (unpaired) electrons. The van der Waals surface area contributed by atoms with Gasteiger partial charge in [0.1, 0.15) is 59.6 Å². The number of aliphatic hydroxyl groups excluding tert-OH is 7. The molecule has 10 atom stereocenters. The number of phenolic OH excluding ortho intramolecular Hbond substituents is 2. The van der Waals surface area contributed by atoms with Crippen molar-refractivity contribution in [2.45, 2.75) is 68.3 Å². The maximum Gasteiger partial charge on any atom is 0.238 e. The Labute approximate surface area is 241 Å². The second-order valence-electron chi connectivity index (χ2n) is 10.2. The molecule has 43 heavy (non-hydrogen) atoms. The molecule has 0 bridgehead atoms. The molecule has 2 saturated heterocycles. The SMILES string of the molecule is C[C@@H]1O[C@@H](Oc2cc(O)c3c(=O)c(O)c(-c4ccc(O)cc4)oc3c2O[C@@H]2O[C@H](CO)[C@@H](O)[C@H](O)[C@H]2O)[C@H](O)[C@@H](O)[C@H]1O. The smallest absolute Gasteiger partial charge is 0.238 e. The van der Waals surface area contributed by atoms with E-state index >= 15 is 0 Å². The van der Waals surface area contributed by atoms with Crippen LogP contribution in [0.4, 0.5) is 0 Å². The van der Waals surface area contributed by atoms with Crippen LogP contribution in [0.3, 0.4) is 0 Å². The lowest BCUT2D eigenvalue weighted by molar-refractivity contribution is -0.279. The van der Waals surface area contributed by atoms with E-state index in [4.69, 9.17) is 23.4 Å². The molecule has 0 spiro atoms. The quantitative estimate of drug-likeness (QED) is 0.144. The first kappa shape index (κ1) is 30.7. The van der Waals surface area contributed by atoms with Crippen molar-refractivity contribution in [3.05, 3.63) is 40.6 Å². The largest absolute Gasteiger partial charge is 0.508 e. The summed E-state index contributed by atoms with van der Waals surface area (Å²) in [5.74, 6) is -3.48. The van der Waals surface area contributed by atoms with Gasteiger partial charge in [-0.15, -0.1) is 0 Å². The summed E-state index contributed by atoms with van der Waals surface area (Å²) >= 11 is 0. The lowest BCUT2D eigenvalue weighted by atomic mass is 9.99. The molecule has 5 rings (SSSR count). The number of fused-ring (bicyclic) bond motifs is 1. The van der Waals surface area contributed by atoms with Gasteiger partial charge in [0.05, 0.1) is 12.7 Å². The molecule has 0 saturated carbocycles. The predicted molar refractivity (Wildman–Crippen MR) is 140 cm³/mol. The highest BCUT2D eigenvalue weighted by molar-refractivity contribution is 5.93. The van der Waals surface area contributed by atoms with Crippen molar-refractivity contribution >= 4 is 11.0 Å². The van der Waals surface area contributed by atoms with Crippen molar-refractivity contribution in [1.29, 1.82) is 0 Å². The van der Waals surface area contributed by atoms with E-state index < -0.39 is 113 Å². The maximum absolute atomic E-state index is 13.3. The Balaban J connectivity index is 1.69. The van der Waals surface area contributed by atoms with Crippen molar-refractivity contribution in [3.63, 3.8) is 0 Å². The summed E-state index contributed by atoms with van der Waals surface area (Å²) < 4.78 is 28.2. The van der Waals surface area contributed by atoms with Crippen LogP contribution in [0.25, 0.3) is 22.3 Å². The van der Waals surface area contributed by atoms with Crippen LogP contribution in [0.15, 0.2) is 39.5 Å². The van der Waals surface area contributed by atoms with Crippen LogP contribution < -0.4 is 14.9 Å². The summed E-state index contributed by atoms with van der Waals surface area (Å²) in [4.78, 5) is 13.3. The Kier molecular flexibility index (Phi) is 8.41. The minimum Gasteiger partial charge on any atom is -0.508 e. The monoisotopic (exact) mass is 610 g/mol. The highest BCUT2D eigenvalue weighted by Crippen LogP contribution is 2.45. The normalized spacial score (nSPS) is 32.9. The third-order valence-electron chi connectivity index (χ3n) is 7.31. The number of aromatic hydroxyl groups is 3. The van der Waals surface area contributed by atoms with E-state index in [1.165, 1.54) is 31.2 Å². The van der Waals surface area contributed by atoms with Crippen molar-refractivity contribution in [2.75, 3.05) is 6.61 Å². The third kappa shape index (κ3) is 5.44. The molecule has 2 fully saturated rings. The summed E-state index contributed by atoms with van der Waals surface area (Å²) in [6, 6.07) is 5.90. The zero-order chi connectivity index (χ0) is 31.3. The third-order valence-corrected chi connectivity index (χ3v) is 7.31. The van der Waals surface area contributed by atoms with E-state index in [-0.39, 0.29) is 11.3 Å². The molecule has 234 valence electrons. The Morgan fingerprint density at radius 2 is 1.40 bits per heavy atom. The summed E-state index contributed by atoms with van der Waals surface area (Å²) in [5, 5.41) is 102. The van der Waals surface area contributed by atoms with E-state index in [2.05, 4.69) is 0 Å². The Morgan fingerprint density at radius 1 is 0.791 bits per heavy atom. The standard InChI is InChI=1S/C27H30O16/c1-8-15(31)18(34)21(37)26(39-8)40-12-6-11(30)14-17(33)20(36)23(9-2-4-10(29)5-3-9)42-25(14)24(12)43-27-22(38)19(35)16(32)13(7-28)41-27/h2-6,8,13,15-16,18-19,21-22,26-32,34-38H,7H2,1H3/t8-,13+,15-,16+,18-,19-,21+,22+,26-,27-/m0/s1. The highest BCUT2D eigenvalue weighted by atomic mass is 16.7. The van der Waals surface area contributed by atoms with E-state index in [1.807, 2.05) is 0 Å².